The van der Waals surface area contributed by atoms with Gasteiger partial charge in [0, 0.05) is 6.42 Å². The molecule has 0 fully saturated rings. The summed E-state index contributed by atoms with van der Waals surface area (Å²) in [5.41, 5.74) is 0.550. The van der Waals surface area contributed by atoms with Crippen LogP contribution in [0.25, 0.3) is 0 Å². The van der Waals surface area contributed by atoms with Gasteiger partial charge < -0.3 is 10.4 Å². The molecule has 2 N–H and O–H groups in total. The van der Waals surface area contributed by atoms with Crippen LogP contribution in [-0.4, -0.2) is 17.0 Å². The minimum absolute atomic E-state index is 0.169. The normalized spacial score (nSPS) is 13.6. The number of carboxylic acid groups (broad SMARTS) is 1. The van der Waals surface area contributed by atoms with Crippen molar-refractivity contribution in [2.75, 3.05) is 5.32 Å². The van der Waals surface area contributed by atoms with Crippen molar-refractivity contribution in [3.8, 4) is 0 Å². The SMILES string of the molecule is CCCC(C(=O)O)C(C)CC(=O)Nc1ccccc1Cl. The van der Waals surface area contributed by atoms with E-state index in [1.807, 2.05) is 6.92 Å². The molecule has 1 amide bonds. The van der Waals surface area contributed by atoms with Gasteiger partial charge in [0.1, 0.15) is 0 Å². The van der Waals surface area contributed by atoms with E-state index in [0.29, 0.717) is 17.1 Å². The molecule has 0 saturated heterocycles. The highest BCUT2D eigenvalue weighted by molar-refractivity contribution is 6.33. The second-order valence-corrected chi connectivity index (χ2v) is 5.35. The van der Waals surface area contributed by atoms with Crippen LogP contribution in [0.15, 0.2) is 24.3 Å². The summed E-state index contributed by atoms with van der Waals surface area (Å²) in [6, 6.07) is 6.97. The quantitative estimate of drug-likeness (QED) is 0.804. The van der Waals surface area contributed by atoms with Crippen LogP contribution in [0.5, 0.6) is 0 Å². The van der Waals surface area contributed by atoms with Crippen LogP contribution in [0.1, 0.15) is 33.1 Å². The Kier molecular flexibility index (Phi) is 6.52. The molecule has 0 aliphatic rings. The van der Waals surface area contributed by atoms with Gasteiger partial charge in [0.05, 0.1) is 16.6 Å². The van der Waals surface area contributed by atoms with Gasteiger partial charge in [-0.3, -0.25) is 9.59 Å². The van der Waals surface area contributed by atoms with Crippen LogP contribution >= 0.6 is 11.6 Å². The topological polar surface area (TPSA) is 66.4 Å². The van der Waals surface area contributed by atoms with Gasteiger partial charge in [0.2, 0.25) is 5.91 Å². The molecule has 0 radical (unpaired) electrons. The number of carboxylic acids is 1. The zero-order valence-electron chi connectivity index (χ0n) is 11.7. The Balaban J connectivity index is 2.61. The van der Waals surface area contributed by atoms with Gasteiger partial charge in [-0.25, -0.2) is 0 Å². The zero-order valence-corrected chi connectivity index (χ0v) is 12.5. The van der Waals surface area contributed by atoms with Crippen molar-refractivity contribution >= 4 is 29.2 Å². The minimum Gasteiger partial charge on any atom is -0.481 e. The molecular weight excluding hydrogens is 278 g/mol. The molecule has 5 heteroatoms. The molecule has 0 aromatic heterocycles. The van der Waals surface area contributed by atoms with Crippen LogP contribution in [0.3, 0.4) is 0 Å². The van der Waals surface area contributed by atoms with Gasteiger partial charge in [-0.2, -0.15) is 0 Å². The van der Waals surface area contributed by atoms with Crippen LogP contribution in [-0.2, 0) is 9.59 Å². The van der Waals surface area contributed by atoms with E-state index in [4.69, 9.17) is 16.7 Å². The third kappa shape index (κ3) is 4.85. The number of hydrogen-bond acceptors (Lipinski definition) is 2. The molecule has 0 aliphatic heterocycles. The van der Waals surface area contributed by atoms with E-state index in [0.717, 1.165) is 6.42 Å². The number of halogens is 1. The van der Waals surface area contributed by atoms with Crippen LogP contribution in [0.4, 0.5) is 5.69 Å². The Bertz CT molecular complexity index is 476. The molecule has 2 unspecified atom stereocenters. The Morgan fingerprint density at radius 3 is 2.55 bits per heavy atom. The first-order chi connectivity index (χ1) is 9.45. The molecule has 110 valence electrons. The van der Waals surface area contributed by atoms with E-state index < -0.39 is 11.9 Å². The van der Waals surface area contributed by atoms with Gasteiger partial charge >= 0.3 is 5.97 Å². The first-order valence-electron chi connectivity index (χ1n) is 6.72. The highest BCUT2D eigenvalue weighted by atomic mass is 35.5. The summed E-state index contributed by atoms with van der Waals surface area (Å²) >= 11 is 5.96. The Morgan fingerprint density at radius 1 is 1.35 bits per heavy atom. The molecule has 0 aliphatic carbocycles. The molecule has 0 saturated carbocycles. The number of carbonyl (C=O) groups is 2. The molecule has 1 rings (SSSR count). The van der Waals surface area contributed by atoms with Crippen molar-refractivity contribution in [2.45, 2.75) is 33.1 Å². The number of amides is 1. The van der Waals surface area contributed by atoms with Crippen molar-refractivity contribution in [3.05, 3.63) is 29.3 Å². The molecule has 0 bridgehead atoms. The minimum atomic E-state index is -0.843. The Hall–Kier alpha value is -1.55. The maximum atomic E-state index is 11.9. The first kappa shape index (κ1) is 16.5. The number of hydrogen-bond donors (Lipinski definition) is 2. The fourth-order valence-corrected chi connectivity index (χ4v) is 2.34. The summed E-state index contributed by atoms with van der Waals surface area (Å²) in [7, 11) is 0. The lowest BCUT2D eigenvalue weighted by molar-refractivity contribution is -0.144. The zero-order chi connectivity index (χ0) is 15.1. The monoisotopic (exact) mass is 297 g/mol. The smallest absolute Gasteiger partial charge is 0.306 e. The van der Waals surface area contributed by atoms with E-state index in [2.05, 4.69) is 5.32 Å². The molecule has 0 heterocycles. The molecule has 1 aromatic rings. The van der Waals surface area contributed by atoms with Crippen molar-refractivity contribution in [1.29, 1.82) is 0 Å². The summed E-state index contributed by atoms with van der Waals surface area (Å²) in [4.78, 5) is 23.1. The predicted molar refractivity (Wildman–Crippen MR) is 79.9 cm³/mol. The third-order valence-electron chi connectivity index (χ3n) is 3.26. The second kappa shape index (κ2) is 7.90. The average Bonchev–Trinajstić information content (AvgIpc) is 2.38. The average molecular weight is 298 g/mol. The van der Waals surface area contributed by atoms with E-state index in [-0.39, 0.29) is 18.2 Å². The Labute approximate surface area is 124 Å². The number of rotatable bonds is 7. The summed E-state index contributed by atoms with van der Waals surface area (Å²) < 4.78 is 0. The molecule has 20 heavy (non-hydrogen) atoms. The summed E-state index contributed by atoms with van der Waals surface area (Å²) in [5.74, 6) is -1.76. The number of benzene rings is 1. The van der Waals surface area contributed by atoms with E-state index in [9.17, 15) is 9.59 Å². The largest absolute Gasteiger partial charge is 0.481 e. The maximum absolute atomic E-state index is 11.9. The number of anilines is 1. The van der Waals surface area contributed by atoms with Gasteiger partial charge in [-0.05, 0) is 24.5 Å². The summed E-state index contributed by atoms with van der Waals surface area (Å²) in [5, 5.41) is 12.4. The maximum Gasteiger partial charge on any atom is 0.306 e. The molecule has 1 aromatic carbocycles. The van der Waals surface area contributed by atoms with Crippen LogP contribution in [0.2, 0.25) is 5.02 Å². The van der Waals surface area contributed by atoms with E-state index in [1.165, 1.54) is 0 Å². The van der Waals surface area contributed by atoms with Crippen molar-refractivity contribution < 1.29 is 14.7 Å². The lowest BCUT2D eigenvalue weighted by Crippen LogP contribution is -2.26. The number of aliphatic carboxylic acids is 1. The van der Waals surface area contributed by atoms with Crippen molar-refractivity contribution in [1.82, 2.24) is 0 Å². The molecule has 2 atom stereocenters. The first-order valence-corrected chi connectivity index (χ1v) is 7.10. The fourth-order valence-electron chi connectivity index (χ4n) is 2.16. The molecular formula is C15H20ClNO3. The summed E-state index contributed by atoms with van der Waals surface area (Å²) in [6.45, 7) is 3.73. The van der Waals surface area contributed by atoms with Gasteiger partial charge in [0.15, 0.2) is 0 Å². The van der Waals surface area contributed by atoms with Crippen LogP contribution in [0, 0.1) is 11.8 Å². The second-order valence-electron chi connectivity index (χ2n) is 4.94. The lowest BCUT2D eigenvalue weighted by atomic mass is 9.87. The fraction of sp³-hybridized carbons (Fsp3) is 0.467. The van der Waals surface area contributed by atoms with E-state index in [1.54, 1.807) is 31.2 Å². The van der Waals surface area contributed by atoms with Gasteiger partial charge in [0.25, 0.3) is 0 Å². The standard InChI is InChI=1S/C15H20ClNO3/c1-3-6-11(15(19)20)10(2)9-14(18)17-13-8-5-4-7-12(13)16/h4-5,7-8,10-11H,3,6,9H2,1-2H3,(H,17,18)(H,19,20). The van der Waals surface area contributed by atoms with Gasteiger partial charge in [-0.15, -0.1) is 0 Å². The summed E-state index contributed by atoms with van der Waals surface area (Å²) in [6.07, 6.45) is 1.53. The predicted octanol–water partition coefficient (Wildman–Crippen LogP) is 3.81. The number of para-hydroxylation sites is 1. The van der Waals surface area contributed by atoms with Gasteiger partial charge in [-0.1, -0.05) is 44.0 Å². The Morgan fingerprint density at radius 2 is 2.00 bits per heavy atom. The molecule has 0 spiro atoms. The molecule has 4 nitrogen and oxygen atoms in total. The number of nitrogens with one attached hydrogen (secondary N) is 1. The van der Waals surface area contributed by atoms with Crippen LogP contribution < -0.4 is 5.32 Å². The third-order valence-corrected chi connectivity index (χ3v) is 3.59. The van der Waals surface area contributed by atoms with E-state index >= 15 is 0 Å². The lowest BCUT2D eigenvalue weighted by Gasteiger charge is -2.19. The van der Waals surface area contributed by atoms with Crippen molar-refractivity contribution in [3.63, 3.8) is 0 Å². The highest BCUT2D eigenvalue weighted by Crippen LogP contribution is 2.24. The number of carbonyl (C=O) groups excluding carboxylic acids is 1. The highest BCUT2D eigenvalue weighted by Gasteiger charge is 2.25. The van der Waals surface area contributed by atoms with Crippen molar-refractivity contribution in [2.24, 2.45) is 11.8 Å².